The summed E-state index contributed by atoms with van der Waals surface area (Å²) in [5.41, 5.74) is 2.72. The van der Waals surface area contributed by atoms with Gasteiger partial charge in [-0.1, -0.05) is 6.92 Å². The van der Waals surface area contributed by atoms with Crippen LogP contribution in [0.1, 0.15) is 24.5 Å². The van der Waals surface area contributed by atoms with E-state index in [4.69, 9.17) is 4.74 Å². The van der Waals surface area contributed by atoms with E-state index in [2.05, 4.69) is 17.2 Å². The van der Waals surface area contributed by atoms with Crippen LogP contribution in [0.15, 0.2) is 35.3 Å². The van der Waals surface area contributed by atoms with Crippen LogP contribution in [0.2, 0.25) is 0 Å². The lowest BCUT2D eigenvalue weighted by molar-refractivity contribution is 0.465. The van der Waals surface area contributed by atoms with Crippen LogP contribution in [0.3, 0.4) is 0 Å². The molecule has 23 heavy (non-hydrogen) atoms. The van der Waals surface area contributed by atoms with Crippen molar-refractivity contribution in [2.24, 2.45) is 4.99 Å². The minimum Gasteiger partial charge on any atom is -0.457 e. The number of ether oxygens (including phenoxy) is 1. The highest BCUT2D eigenvalue weighted by Gasteiger charge is 2.08. The van der Waals surface area contributed by atoms with Gasteiger partial charge in [0.1, 0.15) is 23.1 Å². The second kappa shape index (κ2) is 7.72. The standard InChI is InChI=1S/C18H20F2N2O/c1-4-5-21-11-22-17-6-13(3)18(7-12(17)2)23-16-9-14(19)8-15(20)10-16/h6-11H,4-5H2,1-3H3,(H,21,22). The van der Waals surface area contributed by atoms with Crippen LogP contribution in [0.4, 0.5) is 14.5 Å². The number of halogens is 2. The molecule has 5 heteroatoms. The van der Waals surface area contributed by atoms with Gasteiger partial charge in [-0.2, -0.15) is 0 Å². The maximum atomic E-state index is 13.2. The van der Waals surface area contributed by atoms with E-state index in [1.165, 1.54) is 0 Å². The van der Waals surface area contributed by atoms with Gasteiger partial charge in [-0.3, -0.25) is 4.99 Å². The minimum absolute atomic E-state index is 0.134. The van der Waals surface area contributed by atoms with E-state index in [0.717, 1.165) is 48.0 Å². The van der Waals surface area contributed by atoms with Crippen LogP contribution >= 0.6 is 0 Å². The average molecular weight is 318 g/mol. The first-order valence-corrected chi connectivity index (χ1v) is 7.49. The van der Waals surface area contributed by atoms with Crippen molar-refractivity contribution >= 4 is 12.0 Å². The number of aryl methyl sites for hydroxylation is 2. The predicted molar refractivity (Wildman–Crippen MR) is 89.6 cm³/mol. The Morgan fingerprint density at radius 2 is 1.74 bits per heavy atom. The number of rotatable bonds is 6. The topological polar surface area (TPSA) is 33.6 Å². The quantitative estimate of drug-likeness (QED) is 0.585. The summed E-state index contributed by atoms with van der Waals surface area (Å²) in [6, 6.07) is 6.86. The lowest BCUT2D eigenvalue weighted by atomic mass is 10.1. The van der Waals surface area contributed by atoms with Crippen molar-refractivity contribution < 1.29 is 13.5 Å². The van der Waals surface area contributed by atoms with Gasteiger partial charge in [0, 0.05) is 30.4 Å². The van der Waals surface area contributed by atoms with E-state index < -0.39 is 11.6 Å². The Hall–Kier alpha value is -2.43. The Morgan fingerprint density at radius 3 is 2.39 bits per heavy atom. The molecule has 0 atom stereocenters. The highest BCUT2D eigenvalue weighted by atomic mass is 19.1. The van der Waals surface area contributed by atoms with Crippen LogP contribution in [0.25, 0.3) is 0 Å². The third-order valence-corrected chi connectivity index (χ3v) is 3.25. The molecule has 0 amide bonds. The van der Waals surface area contributed by atoms with Gasteiger partial charge in [-0.25, -0.2) is 8.78 Å². The van der Waals surface area contributed by atoms with Crippen molar-refractivity contribution in [2.45, 2.75) is 27.2 Å². The zero-order valence-electron chi connectivity index (χ0n) is 13.5. The molecule has 0 spiro atoms. The maximum Gasteiger partial charge on any atom is 0.133 e. The molecule has 3 nitrogen and oxygen atoms in total. The van der Waals surface area contributed by atoms with Crippen LogP contribution in [-0.4, -0.2) is 12.9 Å². The molecule has 2 aromatic rings. The molecule has 0 heterocycles. The van der Waals surface area contributed by atoms with E-state index >= 15 is 0 Å². The molecule has 2 aromatic carbocycles. The van der Waals surface area contributed by atoms with E-state index in [0.29, 0.717) is 5.75 Å². The summed E-state index contributed by atoms with van der Waals surface area (Å²) in [7, 11) is 0. The Balaban J connectivity index is 2.19. The number of nitrogens with zero attached hydrogens (tertiary/aromatic N) is 1. The fourth-order valence-electron chi connectivity index (χ4n) is 2.08. The minimum atomic E-state index is -0.667. The largest absolute Gasteiger partial charge is 0.457 e. The number of nitrogens with one attached hydrogen (secondary N) is 1. The molecule has 0 aliphatic heterocycles. The third-order valence-electron chi connectivity index (χ3n) is 3.25. The molecule has 0 fully saturated rings. The lowest BCUT2D eigenvalue weighted by Gasteiger charge is -2.13. The van der Waals surface area contributed by atoms with Crippen molar-refractivity contribution in [1.29, 1.82) is 0 Å². The summed E-state index contributed by atoms with van der Waals surface area (Å²) in [5.74, 6) is -0.640. The van der Waals surface area contributed by atoms with Crippen LogP contribution in [0, 0.1) is 25.5 Å². The fraction of sp³-hybridized carbons (Fsp3) is 0.278. The zero-order chi connectivity index (χ0) is 16.8. The maximum absolute atomic E-state index is 13.2. The number of hydrogen-bond donors (Lipinski definition) is 1. The van der Waals surface area contributed by atoms with Crippen molar-refractivity contribution in [3.63, 3.8) is 0 Å². The lowest BCUT2D eigenvalue weighted by Crippen LogP contribution is -2.00. The molecule has 0 bridgehead atoms. The van der Waals surface area contributed by atoms with Crippen molar-refractivity contribution in [1.82, 2.24) is 0 Å². The summed E-state index contributed by atoms with van der Waals surface area (Å²) in [5, 5.41) is 3.13. The molecular weight excluding hydrogens is 298 g/mol. The molecule has 0 aliphatic carbocycles. The van der Waals surface area contributed by atoms with Gasteiger partial charge >= 0.3 is 0 Å². The van der Waals surface area contributed by atoms with Gasteiger partial charge in [-0.05, 0) is 43.5 Å². The number of aliphatic imine (C=N–C) groups is 1. The van der Waals surface area contributed by atoms with Gasteiger partial charge in [0.15, 0.2) is 0 Å². The predicted octanol–water partition coefficient (Wildman–Crippen LogP) is 5.22. The third kappa shape index (κ3) is 4.77. The second-order valence-electron chi connectivity index (χ2n) is 5.32. The fourth-order valence-corrected chi connectivity index (χ4v) is 2.08. The summed E-state index contributed by atoms with van der Waals surface area (Å²) >= 11 is 0. The molecular formula is C18H20F2N2O. The molecule has 2 rings (SSSR count). The van der Waals surface area contributed by atoms with Crippen molar-refractivity contribution in [3.8, 4) is 11.5 Å². The Kier molecular flexibility index (Phi) is 5.68. The summed E-state index contributed by atoms with van der Waals surface area (Å²) < 4.78 is 32.1. The monoisotopic (exact) mass is 318 g/mol. The number of anilines is 1. The SMILES string of the molecule is CCCN=CNc1cc(C)c(Oc2cc(F)cc(F)c2)cc1C. The van der Waals surface area contributed by atoms with Crippen LogP contribution < -0.4 is 10.1 Å². The molecule has 0 saturated carbocycles. The molecule has 1 N–H and O–H groups in total. The summed E-state index contributed by atoms with van der Waals surface area (Å²) in [6.07, 6.45) is 2.67. The average Bonchev–Trinajstić information content (AvgIpc) is 2.47. The van der Waals surface area contributed by atoms with E-state index in [-0.39, 0.29) is 5.75 Å². The molecule has 122 valence electrons. The highest BCUT2D eigenvalue weighted by molar-refractivity contribution is 5.78. The number of hydrogen-bond acceptors (Lipinski definition) is 2. The van der Waals surface area contributed by atoms with E-state index in [9.17, 15) is 8.78 Å². The van der Waals surface area contributed by atoms with Crippen molar-refractivity contribution in [2.75, 3.05) is 11.9 Å². The Labute approximate surface area is 135 Å². The zero-order valence-corrected chi connectivity index (χ0v) is 13.5. The first kappa shape index (κ1) is 16.9. The van der Waals surface area contributed by atoms with E-state index in [1.54, 1.807) is 6.34 Å². The number of benzene rings is 2. The first-order valence-electron chi connectivity index (χ1n) is 7.49. The smallest absolute Gasteiger partial charge is 0.133 e. The van der Waals surface area contributed by atoms with Crippen LogP contribution in [0.5, 0.6) is 11.5 Å². The van der Waals surface area contributed by atoms with Crippen molar-refractivity contribution in [3.05, 3.63) is 53.1 Å². The Morgan fingerprint density at radius 1 is 1.04 bits per heavy atom. The molecule has 0 radical (unpaired) electrons. The van der Waals surface area contributed by atoms with Gasteiger partial charge < -0.3 is 10.1 Å². The molecule has 0 saturated heterocycles. The van der Waals surface area contributed by atoms with Gasteiger partial charge in [0.05, 0.1) is 6.34 Å². The normalized spacial score (nSPS) is 11.0. The molecule has 0 aliphatic rings. The molecule has 0 unspecified atom stereocenters. The van der Waals surface area contributed by atoms with Crippen LogP contribution in [-0.2, 0) is 0 Å². The van der Waals surface area contributed by atoms with E-state index in [1.807, 2.05) is 26.0 Å². The van der Waals surface area contributed by atoms with Gasteiger partial charge in [0.25, 0.3) is 0 Å². The highest BCUT2D eigenvalue weighted by Crippen LogP contribution is 2.30. The molecule has 0 aromatic heterocycles. The Bertz CT molecular complexity index is 694. The van der Waals surface area contributed by atoms with Gasteiger partial charge in [0.2, 0.25) is 0 Å². The second-order valence-corrected chi connectivity index (χ2v) is 5.32. The summed E-state index contributed by atoms with van der Waals surface area (Å²) in [6.45, 7) is 6.64. The van der Waals surface area contributed by atoms with Gasteiger partial charge in [-0.15, -0.1) is 0 Å². The summed E-state index contributed by atoms with van der Waals surface area (Å²) in [4.78, 5) is 4.21. The first-order chi connectivity index (χ1) is 11.0.